The quantitative estimate of drug-likeness (QED) is 0.289. The van der Waals surface area contributed by atoms with Gasteiger partial charge in [0.05, 0.1) is 11.4 Å². The number of hydrogen-bond donors (Lipinski definition) is 2. The van der Waals surface area contributed by atoms with Crippen molar-refractivity contribution in [3.8, 4) is 10.4 Å². The van der Waals surface area contributed by atoms with Gasteiger partial charge in [-0.25, -0.2) is 0 Å². The number of hydrogen-bond acceptors (Lipinski definition) is 4. The molecular formula is C25H30N2O2SSi. The Balaban J connectivity index is 1.58. The lowest BCUT2D eigenvalue weighted by Gasteiger charge is -2.14. The number of rotatable bonds is 9. The number of amides is 1. The number of benzene rings is 2. The third-order valence-corrected chi connectivity index (χ3v) is 7.84. The number of nitrogens with one attached hydrogen (secondary N) is 1. The van der Waals surface area contributed by atoms with Gasteiger partial charge in [-0.15, -0.1) is 11.3 Å². The first-order valence-electron chi connectivity index (χ1n) is 10.6. The van der Waals surface area contributed by atoms with Gasteiger partial charge in [0.2, 0.25) is 0 Å². The first kappa shape index (κ1) is 23.0. The summed E-state index contributed by atoms with van der Waals surface area (Å²) in [6, 6.07) is 18.2. The van der Waals surface area contributed by atoms with Crippen LogP contribution in [0.15, 0.2) is 60.0 Å². The Morgan fingerprint density at radius 2 is 1.74 bits per heavy atom. The van der Waals surface area contributed by atoms with E-state index in [1.54, 1.807) is 23.5 Å². The summed E-state index contributed by atoms with van der Waals surface area (Å²) in [5.41, 5.74) is 9.86. The molecule has 0 saturated heterocycles. The predicted molar refractivity (Wildman–Crippen MR) is 135 cm³/mol. The normalized spacial score (nSPS) is 11.3. The number of Topliss-reactive ketones (excluding diaryl/α,β-unsaturated/α-hetero) is 1. The molecule has 3 aromatic rings. The minimum atomic E-state index is -1.18. The molecule has 162 valence electrons. The molecule has 31 heavy (non-hydrogen) atoms. The molecule has 0 fully saturated rings. The van der Waals surface area contributed by atoms with Crippen molar-refractivity contribution in [2.24, 2.45) is 0 Å². The van der Waals surface area contributed by atoms with E-state index in [1.165, 1.54) is 0 Å². The summed E-state index contributed by atoms with van der Waals surface area (Å²) in [5.74, 6) is 0.123. The van der Waals surface area contributed by atoms with Crippen molar-refractivity contribution in [3.63, 3.8) is 0 Å². The average molecular weight is 451 g/mol. The standard InChI is InChI=1S/C25H30N2O2SSi/c1-31(2,3)16-14-21(28)12-8-18-6-9-19(10-7-18)25(29)27-23-17-20(11-13-22(23)26)24-5-4-15-30-24/h4-7,9-11,13,15,17H,8,12,14,16,26H2,1-3H3,(H,27,29). The number of thiophene rings is 1. The Morgan fingerprint density at radius 1 is 1.00 bits per heavy atom. The Kier molecular flexibility index (Phi) is 7.46. The maximum absolute atomic E-state index is 12.7. The summed E-state index contributed by atoms with van der Waals surface area (Å²) >= 11 is 1.64. The van der Waals surface area contributed by atoms with Crippen LogP contribution in [0.4, 0.5) is 11.4 Å². The second-order valence-electron chi connectivity index (χ2n) is 9.03. The summed E-state index contributed by atoms with van der Waals surface area (Å²) in [6.07, 6.45) is 1.95. The highest BCUT2D eigenvalue weighted by atomic mass is 32.1. The number of anilines is 2. The van der Waals surface area contributed by atoms with Gasteiger partial charge in [-0.2, -0.15) is 0 Å². The van der Waals surface area contributed by atoms with Crippen LogP contribution in [0.25, 0.3) is 10.4 Å². The van der Waals surface area contributed by atoms with Crippen LogP contribution in [-0.2, 0) is 11.2 Å². The fourth-order valence-electron chi connectivity index (χ4n) is 3.20. The molecule has 1 aromatic heterocycles. The van der Waals surface area contributed by atoms with Gasteiger partial charge >= 0.3 is 0 Å². The van der Waals surface area contributed by atoms with Crippen molar-refractivity contribution in [3.05, 3.63) is 71.1 Å². The lowest BCUT2D eigenvalue weighted by molar-refractivity contribution is -0.118. The molecule has 0 bridgehead atoms. The molecule has 0 unspecified atom stereocenters. The van der Waals surface area contributed by atoms with Crippen LogP contribution in [0.3, 0.4) is 0 Å². The molecule has 0 atom stereocenters. The number of ketones is 1. The summed E-state index contributed by atoms with van der Waals surface area (Å²) in [5, 5.41) is 4.94. The van der Waals surface area contributed by atoms with Crippen LogP contribution in [0.5, 0.6) is 0 Å². The van der Waals surface area contributed by atoms with Gasteiger partial charge < -0.3 is 11.1 Å². The van der Waals surface area contributed by atoms with E-state index < -0.39 is 8.07 Å². The Labute approximate surface area is 189 Å². The second kappa shape index (κ2) is 10.1. The summed E-state index contributed by atoms with van der Waals surface area (Å²) in [4.78, 5) is 26.0. The molecule has 3 N–H and O–H groups in total. The number of nitrogens with two attached hydrogens (primary N) is 1. The number of aryl methyl sites for hydroxylation is 1. The van der Waals surface area contributed by atoms with E-state index in [0.29, 0.717) is 42.0 Å². The van der Waals surface area contributed by atoms with Crippen LogP contribution >= 0.6 is 11.3 Å². The van der Waals surface area contributed by atoms with Crippen LogP contribution in [0.1, 0.15) is 28.8 Å². The summed E-state index contributed by atoms with van der Waals surface area (Å²) in [6.45, 7) is 6.86. The molecule has 0 aliphatic carbocycles. The zero-order valence-corrected chi connectivity index (χ0v) is 20.2. The van der Waals surface area contributed by atoms with Gasteiger partial charge in [-0.1, -0.05) is 50.0 Å². The van der Waals surface area contributed by atoms with Gasteiger partial charge in [-0.05, 0) is 53.3 Å². The summed E-state index contributed by atoms with van der Waals surface area (Å²) < 4.78 is 0. The topological polar surface area (TPSA) is 72.2 Å². The van der Waals surface area contributed by atoms with E-state index in [1.807, 2.05) is 47.8 Å². The van der Waals surface area contributed by atoms with E-state index in [0.717, 1.165) is 22.0 Å². The highest BCUT2D eigenvalue weighted by Crippen LogP contribution is 2.30. The molecule has 0 radical (unpaired) electrons. The van der Waals surface area contributed by atoms with E-state index in [2.05, 4.69) is 25.0 Å². The smallest absolute Gasteiger partial charge is 0.255 e. The molecule has 1 amide bonds. The van der Waals surface area contributed by atoms with Crippen molar-refractivity contribution in [1.29, 1.82) is 0 Å². The molecule has 3 rings (SSSR count). The lowest BCUT2D eigenvalue weighted by Crippen LogP contribution is -2.20. The fourth-order valence-corrected chi connectivity index (χ4v) is 4.95. The number of carbonyl (C=O) groups excluding carboxylic acids is 2. The molecule has 4 nitrogen and oxygen atoms in total. The molecule has 2 aromatic carbocycles. The molecule has 6 heteroatoms. The van der Waals surface area contributed by atoms with E-state index in [9.17, 15) is 9.59 Å². The molecule has 0 aliphatic rings. The third kappa shape index (κ3) is 6.91. The SMILES string of the molecule is C[Si](C)(C)CCC(=O)CCc1ccc(C(=O)Nc2cc(-c3cccs3)ccc2N)cc1. The monoisotopic (exact) mass is 450 g/mol. The third-order valence-electron chi connectivity index (χ3n) is 5.17. The van der Waals surface area contributed by atoms with Gasteiger partial charge in [-0.3, -0.25) is 9.59 Å². The van der Waals surface area contributed by atoms with Crippen LogP contribution < -0.4 is 11.1 Å². The van der Waals surface area contributed by atoms with E-state index in [4.69, 9.17) is 5.73 Å². The first-order valence-corrected chi connectivity index (χ1v) is 15.2. The van der Waals surface area contributed by atoms with Crippen molar-refractivity contribution in [1.82, 2.24) is 0 Å². The first-order chi connectivity index (χ1) is 14.7. The molecule has 0 saturated carbocycles. The Hall–Kier alpha value is -2.70. The Bertz CT molecular complexity index is 1040. The van der Waals surface area contributed by atoms with Gasteiger partial charge in [0.1, 0.15) is 5.78 Å². The maximum atomic E-state index is 12.7. The highest BCUT2D eigenvalue weighted by Gasteiger charge is 2.15. The van der Waals surface area contributed by atoms with Gasteiger partial charge in [0.25, 0.3) is 5.91 Å². The van der Waals surface area contributed by atoms with Crippen molar-refractivity contribution in [2.75, 3.05) is 11.1 Å². The molecular weight excluding hydrogens is 420 g/mol. The minimum Gasteiger partial charge on any atom is -0.397 e. The van der Waals surface area contributed by atoms with Crippen molar-refractivity contribution in [2.45, 2.75) is 44.9 Å². The predicted octanol–water partition coefficient (Wildman–Crippen LogP) is 6.48. The lowest BCUT2D eigenvalue weighted by atomic mass is 10.0. The van der Waals surface area contributed by atoms with Gasteiger partial charge in [0, 0.05) is 31.4 Å². The maximum Gasteiger partial charge on any atom is 0.255 e. The molecule has 0 spiro atoms. The van der Waals surface area contributed by atoms with Crippen molar-refractivity contribution >= 4 is 42.5 Å². The largest absolute Gasteiger partial charge is 0.397 e. The molecule has 0 aliphatic heterocycles. The summed E-state index contributed by atoms with van der Waals surface area (Å²) in [7, 11) is -1.18. The van der Waals surface area contributed by atoms with Crippen LogP contribution in [0, 0.1) is 0 Å². The fraction of sp³-hybridized carbons (Fsp3) is 0.280. The van der Waals surface area contributed by atoms with Crippen LogP contribution in [0.2, 0.25) is 25.7 Å². The highest BCUT2D eigenvalue weighted by molar-refractivity contribution is 7.13. The molecule has 1 heterocycles. The minimum absolute atomic E-state index is 0.201. The zero-order chi connectivity index (χ0) is 22.4. The number of carbonyl (C=O) groups is 2. The van der Waals surface area contributed by atoms with Gasteiger partial charge in [0.15, 0.2) is 0 Å². The van der Waals surface area contributed by atoms with E-state index >= 15 is 0 Å². The number of nitrogen functional groups attached to an aromatic ring is 1. The average Bonchev–Trinajstić information content (AvgIpc) is 3.27. The second-order valence-corrected chi connectivity index (χ2v) is 15.6. The van der Waals surface area contributed by atoms with E-state index in [-0.39, 0.29) is 5.91 Å². The Morgan fingerprint density at radius 3 is 2.39 bits per heavy atom. The van der Waals surface area contributed by atoms with Crippen molar-refractivity contribution < 1.29 is 9.59 Å². The zero-order valence-electron chi connectivity index (χ0n) is 18.4. The van der Waals surface area contributed by atoms with Crippen LogP contribution in [-0.4, -0.2) is 19.8 Å².